The summed E-state index contributed by atoms with van der Waals surface area (Å²) >= 11 is 0. The van der Waals surface area contributed by atoms with Crippen LogP contribution in [0.5, 0.6) is 0 Å². The number of nitrogens with one attached hydrogen (secondary N) is 1. The third-order valence-corrected chi connectivity index (χ3v) is 3.86. The van der Waals surface area contributed by atoms with Crippen molar-refractivity contribution in [3.05, 3.63) is 35.9 Å². The van der Waals surface area contributed by atoms with Crippen molar-refractivity contribution in [3.63, 3.8) is 0 Å². The van der Waals surface area contributed by atoms with E-state index in [9.17, 15) is 4.79 Å². The highest BCUT2D eigenvalue weighted by Crippen LogP contribution is 2.13. The Morgan fingerprint density at radius 2 is 2.05 bits per heavy atom. The van der Waals surface area contributed by atoms with E-state index >= 15 is 0 Å². The summed E-state index contributed by atoms with van der Waals surface area (Å²) in [7, 11) is 0. The van der Waals surface area contributed by atoms with E-state index < -0.39 is 0 Å². The highest BCUT2D eigenvalue weighted by molar-refractivity contribution is 5.81. The summed E-state index contributed by atoms with van der Waals surface area (Å²) in [5.41, 5.74) is 1.13. The Morgan fingerprint density at radius 3 is 2.70 bits per heavy atom. The number of benzene rings is 1. The number of hydrogen-bond acceptors (Lipinski definition) is 3. The Bertz CT molecular complexity index is 435. The zero-order chi connectivity index (χ0) is 14.5. The lowest BCUT2D eigenvalue weighted by Crippen LogP contribution is -2.51. The fourth-order valence-corrected chi connectivity index (χ4v) is 2.52. The molecule has 1 aliphatic rings. The van der Waals surface area contributed by atoms with Crippen LogP contribution in [0.4, 0.5) is 0 Å². The van der Waals surface area contributed by atoms with Gasteiger partial charge in [-0.3, -0.25) is 9.69 Å². The van der Waals surface area contributed by atoms with Crippen LogP contribution in [0.1, 0.15) is 32.4 Å². The number of morpholine rings is 1. The van der Waals surface area contributed by atoms with Crippen molar-refractivity contribution in [2.75, 3.05) is 19.7 Å². The lowest BCUT2D eigenvalue weighted by Gasteiger charge is -2.35. The average Bonchev–Trinajstić information content (AvgIpc) is 2.47. The van der Waals surface area contributed by atoms with E-state index in [-0.39, 0.29) is 24.1 Å². The monoisotopic (exact) mass is 276 g/mol. The number of amides is 1. The van der Waals surface area contributed by atoms with E-state index in [1.54, 1.807) is 0 Å². The van der Waals surface area contributed by atoms with Gasteiger partial charge in [0.1, 0.15) is 0 Å². The molecule has 1 aromatic carbocycles. The summed E-state index contributed by atoms with van der Waals surface area (Å²) in [6.07, 6.45) is 0.200. The molecule has 1 heterocycles. The summed E-state index contributed by atoms with van der Waals surface area (Å²) in [5, 5.41) is 3.09. The normalized spacial score (nSPS) is 23.1. The van der Waals surface area contributed by atoms with Gasteiger partial charge in [0.05, 0.1) is 24.8 Å². The zero-order valence-electron chi connectivity index (χ0n) is 12.5. The second kappa shape index (κ2) is 6.86. The predicted molar refractivity (Wildman–Crippen MR) is 79.4 cm³/mol. The lowest BCUT2D eigenvalue weighted by molar-refractivity contribution is -0.129. The summed E-state index contributed by atoms with van der Waals surface area (Å²) in [6, 6.07) is 9.95. The molecular formula is C16H24N2O2. The molecule has 4 heteroatoms. The third kappa shape index (κ3) is 3.81. The standard InChI is InChI=1S/C16H24N2O2/c1-12-11-18(9-10-20-12)14(3)16(19)17-13(2)15-7-5-4-6-8-15/h4-8,12-14H,9-11H2,1-3H3,(H,17,19). The molecule has 0 spiro atoms. The van der Waals surface area contributed by atoms with Crippen molar-refractivity contribution in [2.24, 2.45) is 0 Å². The van der Waals surface area contributed by atoms with Crippen LogP contribution in [0.25, 0.3) is 0 Å². The van der Waals surface area contributed by atoms with Gasteiger partial charge in [0.25, 0.3) is 0 Å². The molecule has 20 heavy (non-hydrogen) atoms. The van der Waals surface area contributed by atoms with Crippen LogP contribution in [-0.2, 0) is 9.53 Å². The summed E-state index contributed by atoms with van der Waals surface area (Å²) in [4.78, 5) is 14.5. The van der Waals surface area contributed by atoms with Crippen LogP contribution in [0.15, 0.2) is 30.3 Å². The highest BCUT2D eigenvalue weighted by Gasteiger charge is 2.26. The van der Waals surface area contributed by atoms with Crippen molar-refractivity contribution in [2.45, 2.75) is 39.0 Å². The van der Waals surface area contributed by atoms with Crippen LogP contribution in [0, 0.1) is 0 Å². The number of carbonyl (C=O) groups is 1. The number of ether oxygens (including phenoxy) is 1. The second-order valence-corrected chi connectivity index (χ2v) is 5.49. The quantitative estimate of drug-likeness (QED) is 0.914. The highest BCUT2D eigenvalue weighted by atomic mass is 16.5. The average molecular weight is 276 g/mol. The van der Waals surface area contributed by atoms with Gasteiger partial charge in [-0.1, -0.05) is 30.3 Å². The Balaban J connectivity index is 1.90. The maximum atomic E-state index is 12.3. The van der Waals surface area contributed by atoms with Crippen molar-refractivity contribution < 1.29 is 9.53 Å². The van der Waals surface area contributed by atoms with Crippen LogP contribution >= 0.6 is 0 Å². The third-order valence-electron chi connectivity index (χ3n) is 3.86. The Hall–Kier alpha value is -1.39. The van der Waals surface area contributed by atoms with Crippen LogP contribution in [0.2, 0.25) is 0 Å². The van der Waals surface area contributed by atoms with E-state index in [0.29, 0.717) is 6.61 Å². The number of hydrogen-bond donors (Lipinski definition) is 1. The lowest BCUT2D eigenvalue weighted by atomic mass is 10.1. The molecule has 0 bridgehead atoms. The zero-order valence-corrected chi connectivity index (χ0v) is 12.5. The maximum Gasteiger partial charge on any atom is 0.237 e. The van der Waals surface area contributed by atoms with Gasteiger partial charge in [0, 0.05) is 13.1 Å². The van der Waals surface area contributed by atoms with Crippen LogP contribution in [-0.4, -0.2) is 42.6 Å². The van der Waals surface area contributed by atoms with Gasteiger partial charge in [0.2, 0.25) is 5.91 Å². The molecule has 0 aromatic heterocycles. The van der Waals surface area contributed by atoms with E-state index in [0.717, 1.165) is 18.7 Å². The second-order valence-electron chi connectivity index (χ2n) is 5.49. The predicted octanol–water partition coefficient (Wildman–Crippen LogP) is 1.97. The van der Waals surface area contributed by atoms with Gasteiger partial charge in [-0.15, -0.1) is 0 Å². The topological polar surface area (TPSA) is 41.6 Å². The molecule has 1 aromatic rings. The molecule has 2 rings (SSSR count). The minimum Gasteiger partial charge on any atom is -0.376 e. The van der Waals surface area contributed by atoms with Gasteiger partial charge in [-0.25, -0.2) is 0 Å². The first-order chi connectivity index (χ1) is 9.58. The van der Waals surface area contributed by atoms with Crippen molar-refractivity contribution in [3.8, 4) is 0 Å². The van der Waals surface area contributed by atoms with Gasteiger partial charge < -0.3 is 10.1 Å². The smallest absolute Gasteiger partial charge is 0.237 e. The minimum atomic E-state index is -0.118. The van der Waals surface area contributed by atoms with Crippen molar-refractivity contribution in [1.82, 2.24) is 10.2 Å². The fourth-order valence-electron chi connectivity index (χ4n) is 2.52. The Labute approximate surface area is 121 Å². The van der Waals surface area contributed by atoms with Gasteiger partial charge >= 0.3 is 0 Å². The molecular weight excluding hydrogens is 252 g/mol. The first kappa shape index (κ1) is 15.0. The minimum absolute atomic E-state index is 0.0321. The molecule has 3 atom stereocenters. The summed E-state index contributed by atoms with van der Waals surface area (Å²) in [6.45, 7) is 8.36. The molecule has 1 aliphatic heterocycles. The molecule has 0 saturated carbocycles. The SMILES string of the molecule is CC1CN(C(C)C(=O)NC(C)c2ccccc2)CCO1. The van der Waals surface area contributed by atoms with Gasteiger partial charge in [0.15, 0.2) is 0 Å². The Kier molecular flexibility index (Phi) is 5.15. The van der Waals surface area contributed by atoms with Crippen molar-refractivity contribution in [1.29, 1.82) is 0 Å². The van der Waals surface area contributed by atoms with Crippen LogP contribution in [0.3, 0.4) is 0 Å². The molecule has 0 radical (unpaired) electrons. The molecule has 0 aliphatic carbocycles. The maximum absolute atomic E-state index is 12.3. The molecule has 3 unspecified atom stereocenters. The van der Waals surface area contributed by atoms with E-state index in [2.05, 4.69) is 10.2 Å². The largest absolute Gasteiger partial charge is 0.376 e. The number of rotatable bonds is 4. The van der Waals surface area contributed by atoms with E-state index in [1.807, 2.05) is 51.1 Å². The number of carbonyl (C=O) groups excluding carboxylic acids is 1. The summed E-state index contributed by atoms with van der Waals surface area (Å²) in [5.74, 6) is 0.0791. The van der Waals surface area contributed by atoms with Crippen molar-refractivity contribution >= 4 is 5.91 Å². The van der Waals surface area contributed by atoms with Gasteiger partial charge in [-0.05, 0) is 26.3 Å². The van der Waals surface area contributed by atoms with E-state index in [4.69, 9.17) is 4.74 Å². The molecule has 4 nitrogen and oxygen atoms in total. The Morgan fingerprint density at radius 1 is 1.35 bits per heavy atom. The van der Waals surface area contributed by atoms with E-state index in [1.165, 1.54) is 0 Å². The molecule has 1 saturated heterocycles. The first-order valence-corrected chi connectivity index (χ1v) is 7.29. The van der Waals surface area contributed by atoms with Gasteiger partial charge in [-0.2, -0.15) is 0 Å². The fraction of sp³-hybridized carbons (Fsp3) is 0.562. The van der Waals surface area contributed by atoms with Crippen LogP contribution < -0.4 is 5.32 Å². The molecule has 1 fully saturated rings. The number of nitrogens with zero attached hydrogens (tertiary/aromatic N) is 1. The molecule has 110 valence electrons. The molecule has 1 amide bonds. The summed E-state index contributed by atoms with van der Waals surface area (Å²) < 4.78 is 5.51. The molecule has 1 N–H and O–H groups in total. The first-order valence-electron chi connectivity index (χ1n) is 7.29.